The van der Waals surface area contributed by atoms with Gasteiger partial charge in [-0.2, -0.15) is 0 Å². The van der Waals surface area contributed by atoms with Crippen LogP contribution in [0.2, 0.25) is 0 Å². The molecule has 1 aliphatic heterocycles. The summed E-state index contributed by atoms with van der Waals surface area (Å²) in [6.07, 6.45) is 3.82. The molecular weight excluding hydrogens is 288 g/mol. The van der Waals surface area contributed by atoms with Crippen molar-refractivity contribution in [1.82, 2.24) is 20.1 Å². The van der Waals surface area contributed by atoms with Gasteiger partial charge in [0.05, 0.1) is 6.10 Å². The molecule has 3 heterocycles. The molecule has 0 unspecified atom stereocenters. The van der Waals surface area contributed by atoms with Crippen molar-refractivity contribution >= 4 is 6.09 Å². The molecule has 2 aromatic heterocycles. The number of pyridine rings is 1. The van der Waals surface area contributed by atoms with Crippen molar-refractivity contribution in [2.24, 2.45) is 0 Å². The fourth-order valence-electron chi connectivity index (χ4n) is 2.33. The summed E-state index contributed by atoms with van der Waals surface area (Å²) in [5, 5.41) is 16.8. The number of carbonyl (C=O) groups is 1. The molecule has 1 amide bonds. The first-order valence-corrected chi connectivity index (χ1v) is 7.04. The molecule has 0 saturated carbocycles. The number of ether oxygens (including phenoxy) is 1. The molecule has 1 fully saturated rings. The maximum absolute atomic E-state index is 10.8. The largest absolute Gasteiger partial charge is 0.465 e. The second-order valence-corrected chi connectivity index (χ2v) is 5.02. The normalized spacial score (nSPS) is 15.9. The molecule has 116 valence electrons. The molecule has 2 aromatic rings. The number of piperidine rings is 1. The zero-order valence-electron chi connectivity index (χ0n) is 11.9. The minimum absolute atomic E-state index is 0.0203. The smallest absolute Gasteiger partial charge is 0.407 e. The highest BCUT2D eigenvalue weighted by Crippen LogP contribution is 2.19. The third kappa shape index (κ3) is 3.40. The van der Waals surface area contributed by atoms with Crippen molar-refractivity contribution in [3.05, 3.63) is 30.4 Å². The van der Waals surface area contributed by atoms with Crippen molar-refractivity contribution in [3.8, 4) is 11.5 Å². The Bertz CT molecular complexity index is 623. The second-order valence-electron chi connectivity index (χ2n) is 5.02. The summed E-state index contributed by atoms with van der Waals surface area (Å²) in [6, 6.07) is 3.58. The first kappa shape index (κ1) is 14.5. The quantitative estimate of drug-likeness (QED) is 0.918. The highest BCUT2D eigenvalue weighted by Gasteiger charge is 2.23. The highest BCUT2D eigenvalue weighted by atomic mass is 16.5. The summed E-state index contributed by atoms with van der Waals surface area (Å²) in [5.74, 6) is 0.842. The van der Waals surface area contributed by atoms with E-state index in [2.05, 4.69) is 15.2 Å². The number of carboxylic acid groups (broad SMARTS) is 1. The Balaban J connectivity index is 1.51. The van der Waals surface area contributed by atoms with Gasteiger partial charge in [-0.15, -0.1) is 10.2 Å². The molecule has 0 aromatic carbocycles. The van der Waals surface area contributed by atoms with Crippen LogP contribution in [0.25, 0.3) is 11.5 Å². The summed E-state index contributed by atoms with van der Waals surface area (Å²) in [7, 11) is 0. The van der Waals surface area contributed by atoms with Crippen LogP contribution < -0.4 is 0 Å². The van der Waals surface area contributed by atoms with Gasteiger partial charge < -0.3 is 19.2 Å². The van der Waals surface area contributed by atoms with Crippen LogP contribution in [0.5, 0.6) is 0 Å². The Morgan fingerprint density at radius 2 is 2.05 bits per heavy atom. The van der Waals surface area contributed by atoms with Crippen LogP contribution in [0, 0.1) is 0 Å². The van der Waals surface area contributed by atoms with Gasteiger partial charge in [-0.3, -0.25) is 4.98 Å². The van der Waals surface area contributed by atoms with Gasteiger partial charge in [0.25, 0.3) is 0 Å². The van der Waals surface area contributed by atoms with E-state index in [1.54, 1.807) is 24.5 Å². The van der Waals surface area contributed by atoms with Crippen molar-refractivity contribution in [3.63, 3.8) is 0 Å². The van der Waals surface area contributed by atoms with E-state index in [1.165, 1.54) is 4.90 Å². The van der Waals surface area contributed by atoms with Crippen LogP contribution in [0.3, 0.4) is 0 Å². The Hall–Kier alpha value is -2.48. The molecule has 8 heteroatoms. The van der Waals surface area contributed by atoms with Gasteiger partial charge in [0.15, 0.2) is 0 Å². The molecular formula is C14H16N4O4. The van der Waals surface area contributed by atoms with E-state index in [0.717, 1.165) is 5.56 Å². The van der Waals surface area contributed by atoms with Crippen molar-refractivity contribution < 1.29 is 19.1 Å². The molecule has 1 N–H and O–H groups in total. The summed E-state index contributed by atoms with van der Waals surface area (Å²) in [6.45, 7) is 1.22. The Kier molecular flexibility index (Phi) is 4.29. The Morgan fingerprint density at radius 3 is 2.73 bits per heavy atom. The number of hydrogen-bond donors (Lipinski definition) is 1. The van der Waals surface area contributed by atoms with E-state index >= 15 is 0 Å². The third-order valence-corrected chi connectivity index (χ3v) is 3.55. The van der Waals surface area contributed by atoms with Crippen molar-refractivity contribution in [2.75, 3.05) is 13.1 Å². The van der Waals surface area contributed by atoms with E-state index < -0.39 is 6.09 Å². The fourth-order valence-corrected chi connectivity index (χ4v) is 2.33. The van der Waals surface area contributed by atoms with Crippen LogP contribution >= 0.6 is 0 Å². The molecule has 0 spiro atoms. The maximum atomic E-state index is 10.8. The second kappa shape index (κ2) is 6.52. The fraction of sp³-hybridized carbons (Fsp3) is 0.429. The molecule has 1 aliphatic rings. The van der Waals surface area contributed by atoms with E-state index in [-0.39, 0.29) is 12.7 Å². The molecule has 22 heavy (non-hydrogen) atoms. The van der Waals surface area contributed by atoms with Crippen molar-refractivity contribution in [2.45, 2.75) is 25.6 Å². The summed E-state index contributed by atoms with van der Waals surface area (Å²) >= 11 is 0. The van der Waals surface area contributed by atoms with E-state index in [1.807, 2.05) is 0 Å². The average molecular weight is 304 g/mol. The lowest BCUT2D eigenvalue weighted by Crippen LogP contribution is -2.40. The third-order valence-electron chi connectivity index (χ3n) is 3.55. The SMILES string of the molecule is O=C(O)N1CCC(OCc2nnc(-c3ccncc3)o2)CC1. The van der Waals surface area contributed by atoms with Gasteiger partial charge in [0, 0.05) is 31.0 Å². The minimum Gasteiger partial charge on any atom is -0.465 e. The van der Waals surface area contributed by atoms with Gasteiger partial charge in [-0.25, -0.2) is 4.79 Å². The number of amides is 1. The van der Waals surface area contributed by atoms with Crippen LogP contribution in [0.4, 0.5) is 4.79 Å². The minimum atomic E-state index is -0.877. The van der Waals surface area contributed by atoms with Gasteiger partial charge in [0.1, 0.15) is 6.61 Å². The van der Waals surface area contributed by atoms with Crippen LogP contribution in [-0.4, -0.2) is 50.5 Å². The van der Waals surface area contributed by atoms with E-state index in [9.17, 15) is 4.79 Å². The standard InChI is InChI=1S/C14H16N4O4/c19-14(20)18-7-3-11(4-8-18)21-9-12-16-17-13(22-12)10-1-5-15-6-2-10/h1-2,5-6,11H,3-4,7-9H2,(H,19,20). The summed E-state index contributed by atoms with van der Waals surface area (Å²) in [4.78, 5) is 16.2. The van der Waals surface area contributed by atoms with Gasteiger partial charge >= 0.3 is 6.09 Å². The topological polar surface area (TPSA) is 102 Å². The zero-order chi connectivity index (χ0) is 15.4. The molecule has 3 rings (SSSR count). The molecule has 0 aliphatic carbocycles. The monoisotopic (exact) mass is 304 g/mol. The lowest BCUT2D eigenvalue weighted by molar-refractivity contribution is -0.00781. The predicted octanol–water partition coefficient (Wildman–Crippen LogP) is 1.79. The molecule has 8 nitrogen and oxygen atoms in total. The van der Waals surface area contributed by atoms with Crippen molar-refractivity contribution in [1.29, 1.82) is 0 Å². The Morgan fingerprint density at radius 1 is 1.32 bits per heavy atom. The van der Waals surface area contributed by atoms with E-state index in [4.69, 9.17) is 14.3 Å². The van der Waals surface area contributed by atoms with Gasteiger partial charge in [-0.1, -0.05) is 0 Å². The number of nitrogens with zero attached hydrogens (tertiary/aromatic N) is 4. The molecule has 0 bridgehead atoms. The zero-order valence-corrected chi connectivity index (χ0v) is 11.9. The number of rotatable bonds is 4. The Labute approximate surface area is 126 Å². The number of likely N-dealkylation sites (tertiary alicyclic amines) is 1. The highest BCUT2D eigenvalue weighted by molar-refractivity contribution is 5.65. The lowest BCUT2D eigenvalue weighted by atomic mass is 10.1. The molecule has 1 saturated heterocycles. The summed E-state index contributed by atoms with van der Waals surface area (Å²) in [5.41, 5.74) is 0.809. The molecule has 0 radical (unpaired) electrons. The lowest BCUT2D eigenvalue weighted by Gasteiger charge is -2.29. The first-order chi connectivity index (χ1) is 10.7. The maximum Gasteiger partial charge on any atom is 0.407 e. The first-order valence-electron chi connectivity index (χ1n) is 7.04. The van der Waals surface area contributed by atoms with Gasteiger partial charge in [-0.05, 0) is 25.0 Å². The van der Waals surface area contributed by atoms with Gasteiger partial charge in [0.2, 0.25) is 11.8 Å². The average Bonchev–Trinajstić information content (AvgIpc) is 3.03. The van der Waals surface area contributed by atoms with Crippen LogP contribution in [0.15, 0.2) is 28.9 Å². The number of aromatic nitrogens is 3. The summed E-state index contributed by atoms with van der Waals surface area (Å²) < 4.78 is 11.3. The predicted molar refractivity (Wildman–Crippen MR) is 74.9 cm³/mol. The van der Waals surface area contributed by atoms with E-state index in [0.29, 0.717) is 37.7 Å². The van der Waals surface area contributed by atoms with Crippen LogP contribution in [-0.2, 0) is 11.3 Å². The number of hydrogen-bond acceptors (Lipinski definition) is 6. The molecule has 0 atom stereocenters. The van der Waals surface area contributed by atoms with Crippen LogP contribution in [0.1, 0.15) is 18.7 Å².